The average molecular weight is 270 g/mol. The van der Waals surface area contributed by atoms with Gasteiger partial charge >= 0.3 is 33.0 Å². The summed E-state index contributed by atoms with van der Waals surface area (Å²) in [7, 11) is 13.2. The van der Waals surface area contributed by atoms with Gasteiger partial charge in [0.15, 0.2) is 0 Å². The molecule has 0 bridgehead atoms. The number of hydrogen-bond donors (Lipinski definition) is 0. The van der Waals surface area contributed by atoms with E-state index in [0.717, 1.165) is 0 Å². The van der Waals surface area contributed by atoms with Crippen molar-refractivity contribution in [3.63, 3.8) is 0 Å². The topological polar surface area (TPSA) is 28.2 Å². The first-order chi connectivity index (χ1) is 6.29. The molecular weight excluding hydrogens is 254 g/mol. The molecule has 0 aromatic carbocycles. The minimum absolute atomic E-state index is 0.527. The predicted octanol–water partition coefficient (Wildman–Crippen LogP) is 3.68. The molecule has 82 valence electrons. The zero-order valence-corrected chi connectivity index (χ0v) is 10.4. The van der Waals surface area contributed by atoms with Crippen LogP contribution < -0.4 is 0 Å². The quantitative estimate of drug-likeness (QED) is 0.684. The first-order valence-corrected chi connectivity index (χ1v) is 7.02. The van der Waals surface area contributed by atoms with Crippen molar-refractivity contribution >= 4 is 20.4 Å². The van der Waals surface area contributed by atoms with E-state index in [2.05, 4.69) is 10.6 Å². The second kappa shape index (κ2) is 9.54. The van der Waals surface area contributed by atoms with E-state index < -0.39 is 0 Å². The van der Waals surface area contributed by atoms with Crippen LogP contribution in [0, 0.1) is 0 Å². The number of nitrogens with zero attached hydrogens (tertiary/aromatic N) is 2. The van der Waals surface area contributed by atoms with E-state index in [1.807, 2.05) is 14.1 Å². The average Bonchev–Trinajstić information content (AvgIpc) is 2.19. The van der Waals surface area contributed by atoms with Gasteiger partial charge in [0, 0.05) is 0 Å². The third-order valence-electron chi connectivity index (χ3n) is 2.36. The minimum atomic E-state index is 0.527. The van der Waals surface area contributed by atoms with Crippen molar-refractivity contribution in [1.29, 1.82) is 0 Å². The summed E-state index contributed by atoms with van der Waals surface area (Å²) in [6.45, 7) is 0. The Bertz CT molecular complexity index is 104. The molecule has 2 atom stereocenters. The van der Waals surface area contributed by atoms with E-state index in [-0.39, 0.29) is 0 Å². The second-order valence-electron chi connectivity index (χ2n) is 2.98. The fourth-order valence-electron chi connectivity index (χ4n) is 1.69. The van der Waals surface area contributed by atoms with Gasteiger partial charge in [-0.15, -0.1) is 0 Å². The van der Waals surface area contributed by atoms with Gasteiger partial charge in [-0.1, -0.05) is 25.7 Å². The van der Waals surface area contributed by atoms with E-state index in [1.165, 1.54) is 25.7 Å². The van der Waals surface area contributed by atoms with Crippen molar-refractivity contribution in [3.05, 3.63) is 10.6 Å². The van der Waals surface area contributed by atoms with Crippen molar-refractivity contribution in [3.8, 4) is 0 Å². The fourth-order valence-corrected chi connectivity index (χ4v) is 1.69. The molecule has 0 saturated heterocycles. The van der Waals surface area contributed by atoms with Crippen molar-refractivity contribution in [1.82, 2.24) is 0 Å². The van der Waals surface area contributed by atoms with Crippen LogP contribution in [-0.2, 0) is 12.7 Å². The molecule has 0 amide bonds. The predicted molar refractivity (Wildman–Crippen MR) is 56.3 cm³/mol. The van der Waals surface area contributed by atoms with Crippen molar-refractivity contribution in [2.24, 2.45) is 0 Å². The van der Waals surface area contributed by atoms with Crippen molar-refractivity contribution < 1.29 is 12.7 Å². The summed E-state index contributed by atoms with van der Waals surface area (Å²) in [6.07, 6.45) is 5.18. The van der Waals surface area contributed by atoms with E-state index in [1.54, 1.807) is 0 Å². The summed E-state index contributed by atoms with van der Waals surface area (Å²) < 4.78 is 0. The monoisotopic (exact) mass is 268 g/mol. The molecule has 13 heavy (non-hydrogen) atoms. The van der Waals surface area contributed by atoms with Crippen LogP contribution in [-0.4, -0.2) is 26.2 Å². The zero-order valence-electron chi connectivity index (χ0n) is 7.95. The van der Waals surface area contributed by atoms with E-state index >= 15 is 0 Å². The Balaban J connectivity index is 0.000000424. The molecule has 0 spiro atoms. The molecule has 5 heteroatoms. The number of hydrogen-bond acceptors (Lipinski definition) is 0. The maximum absolute atomic E-state index is 4.70. The van der Waals surface area contributed by atoms with Crippen molar-refractivity contribution in [2.45, 2.75) is 37.8 Å². The molecular formula is C8H16Cl2N2Ni. The molecule has 1 saturated carbocycles. The molecule has 0 radical (unpaired) electrons. The standard InChI is InChI=1S/C8H16N2.2ClH.Ni/c1-9-7-5-3-4-6-8(7)10-2;;;/h7-8H,3-6H2,1-2H3;2*1H;/q-2;;;+4/p-2/t7-,8-;;;/m1.../s1. The Morgan fingerprint density at radius 2 is 1.31 bits per heavy atom. The third-order valence-corrected chi connectivity index (χ3v) is 2.36. The van der Waals surface area contributed by atoms with Gasteiger partial charge in [0.2, 0.25) is 0 Å². The summed E-state index contributed by atoms with van der Waals surface area (Å²) in [4.78, 5) is 0. The normalized spacial score (nSPS) is 28.0. The van der Waals surface area contributed by atoms with Gasteiger partial charge in [-0.3, -0.25) is 0 Å². The zero-order chi connectivity index (χ0) is 10.1. The van der Waals surface area contributed by atoms with Crippen LogP contribution in [0.1, 0.15) is 25.7 Å². The summed E-state index contributed by atoms with van der Waals surface area (Å²) in [6, 6.07) is 1.05. The van der Waals surface area contributed by atoms with Gasteiger partial charge in [-0.05, 0) is 0 Å². The summed E-state index contributed by atoms with van der Waals surface area (Å²) in [5.74, 6) is 0. The second-order valence-corrected chi connectivity index (χ2v) is 4.61. The Morgan fingerprint density at radius 3 is 1.54 bits per heavy atom. The van der Waals surface area contributed by atoms with Gasteiger partial charge < -0.3 is 10.6 Å². The molecule has 0 heterocycles. The van der Waals surface area contributed by atoms with Gasteiger partial charge in [0.1, 0.15) is 0 Å². The van der Waals surface area contributed by atoms with E-state index in [4.69, 9.17) is 20.4 Å². The maximum atomic E-state index is 4.70. The molecule has 1 aliphatic rings. The first kappa shape index (κ1) is 14.0. The Hall–Kier alpha value is 0.994. The fraction of sp³-hybridized carbons (Fsp3) is 1.00. The Morgan fingerprint density at radius 1 is 1.00 bits per heavy atom. The molecule has 0 unspecified atom stereocenters. The number of likely N-dealkylation sites (N-methyl/N-ethyl adjacent to an activating group) is 2. The molecule has 0 aliphatic heterocycles. The first-order valence-electron chi connectivity index (χ1n) is 4.30. The molecule has 2 nitrogen and oxygen atoms in total. The molecule has 1 aliphatic carbocycles. The molecule has 1 fully saturated rings. The van der Waals surface area contributed by atoms with E-state index in [9.17, 15) is 0 Å². The van der Waals surface area contributed by atoms with E-state index in [0.29, 0.717) is 24.7 Å². The number of rotatable bonds is 2. The summed E-state index contributed by atoms with van der Waals surface area (Å²) >= 11 is 0.569. The Labute approximate surface area is 95.5 Å². The van der Waals surface area contributed by atoms with Crippen LogP contribution in [0.15, 0.2) is 0 Å². The van der Waals surface area contributed by atoms with Crippen LogP contribution in [0.4, 0.5) is 0 Å². The van der Waals surface area contributed by atoms with Crippen LogP contribution >= 0.6 is 20.4 Å². The molecule has 0 aromatic rings. The van der Waals surface area contributed by atoms with Gasteiger partial charge in [0.25, 0.3) is 0 Å². The van der Waals surface area contributed by atoms with Crippen LogP contribution in [0.5, 0.6) is 0 Å². The molecule has 1 rings (SSSR count). The number of halogens is 2. The van der Waals surface area contributed by atoms with Crippen LogP contribution in [0.25, 0.3) is 10.6 Å². The Kier molecular flexibility index (Phi) is 10.3. The van der Waals surface area contributed by atoms with Crippen LogP contribution in [0.3, 0.4) is 0 Å². The van der Waals surface area contributed by atoms with Gasteiger partial charge in [-0.2, -0.15) is 26.2 Å². The summed E-state index contributed by atoms with van der Waals surface area (Å²) in [5.41, 5.74) is 0. The summed E-state index contributed by atoms with van der Waals surface area (Å²) in [5, 5.41) is 8.61. The third kappa shape index (κ3) is 6.14. The van der Waals surface area contributed by atoms with Gasteiger partial charge in [-0.25, -0.2) is 0 Å². The van der Waals surface area contributed by atoms with Gasteiger partial charge in [0.05, 0.1) is 0 Å². The molecule has 0 aromatic heterocycles. The SMILES string of the molecule is C[N-][C@@H]1CCCC[C@H]1[N-]C.[Cl][Ni+2][Cl]. The van der Waals surface area contributed by atoms with Crippen LogP contribution in [0.2, 0.25) is 0 Å². The molecule has 0 N–H and O–H groups in total. The van der Waals surface area contributed by atoms with Crippen molar-refractivity contribution in [2.75, 3.05) is 14.1 Å².